The van der Waals surface area contributed by atoms with Crippen LogP contribution in [0.15, 0.2) is 0 Å². The van der Waals surface area contributed by atoms with Crippen LogP contribution in [0.4, 0.5) is 30.7 Å². The number of aromatic hydroxyl groups is 1. The Balaban J connectivity index is 3.31. The van der Waals surface area contributed by atoms with Crippen LogP contribution in [0.25, 0.3) is 0 Å². The van der Waals surface area contributed by atoms with E-state index in [0.717, 1.165) is 0 Å². The molecule has 1 aromatic rings. The maximum atomic E-state index is 12.9. The number of phenols is 1. The smallest absolute Gasteiger partial charge is 0.491 e. The summed E-state index contributed by atoms with van der Waals surface area (Å²) >= 11 is 0. The number of carbonyl (C=O) groups excluding carboxylic acids is 1. The molecule has 0 atom stereocenters. The topological polar surface area (TPSA) is 46.5 Å². The highest BCUT2D eigenvalue weighted by Gasteiger charge is 2.43. The Kier molecular flexibility index (Phi) is 3.40. The van der Waals surface area contributed by atoms with Gasteiger partial charge in [0.05, 0.1) is 0 Å². The van der Waals surface area contributed by atoms with Crippen LogP contribution in [0.3, 0.4) is 0 Å². The molecule has 0 bridgehead atoms. The van der Waals surface area contributed by atoms with E-state index < -0.39 is 46.9 Å². The molecule has 0 radical (unpaired) electrons. The second-order valence-corrected chi connectivity index (χ2v) is 2.82. The van der Waals surface area contributed by atoms with Crippen molar-refractivity contribution >= 4 is 5.97 Å². The molecule has 0 fully saturated rings. The number of rotatable bonds is 1. The molecule has 10 heteroatoms. The summed E-state index contributed by atoms with van der Waals surface area (Å²) < 4.78 is 89.4. The summed E-state index contributed by atoms with van der Waals surface area (Å²) in [5.74, 6) is -17.1. The zero-order valence-electron chi connectivity index (χ0n) is 7.91. The van der Waals surface area contributed by atoms with Gasteiger partial charge in [0.1, 0.15) is 0 Å². The van der Waals surface area contributed by atoms with Gasteiger partial charge < -0.3 is 9.84 Å². The fourth-order valence-corrected chi connectivity index (χ4v) is 0.840. The SMILES string of the molecule is O=C(Oc1c(F)c(F)c(O)c(F)c1F)C(F)(F)F. The molecule has 0 unspecified atom stereocenters. The Hall–Kier alpha value is -2.00. The fraction of sp³-hybridized carbons (Fsp3) is 0.125. The number of esters is 1. The second-order valence-electron chi connectivity index (χ2n) is 2.82. The lowest BCUT2D eigenvalue weighted by Crippen LogP contribution is -2.29. The first-order valence-electron chi connectivity index (χ1n) is 3.91. The molecule has 100 valence electrons. The van der Waals surface area contributed by atoms with Gasteiger partial charge >= 0.3 is 12.1 Å². The van der Waals surface area contributed by atoms with Crippen molar-refractivity contribution in [2.45, 2.75) is 6.18 Å². The van der Waals surface area contributed by atoms with Crippen LogP contribution in [-0.2, 0) is 4.79 Å². The fourth-order valence-electron chi connectivity index (χ4n) is 0.840. The van der Waals surface area contributed by atoms with E-state index >= 15 is 0 Å². The van der Waals surface area contributed by atoms with E-state index in [9.17, 15) is 35.5 Å². The molecule has 0 aliphatic rings. The number of ether oxygens (including phenoxy) is 1. The first-order valence-corrected chi connectivity index (χ1v) is 3.91. The highest BCUT2D eigenvalue weighted by atomic mass is 19.4. The zero-order chi connectivity index (χ0) is 14.2. The summed E-state index contributed by atoms with van der Waals surface area (Å²) in [6, 6.07) is 0. The van der Waals surface area contributed by atoms with Gasteiger partial charge in [-0.15, -0.1) is 0 Å². The van der Waals surface area contributed by atoms with Crippen molar-refractivity contribution in [1.29, 1.82) is 0 Å². The molecule has 0 spiro atoms. The van der Waals surface area contributed by atoms with Crippen molar-refractivity contribution in [3.63, 3.8) is 0 Å². The predicted octanol–water partition coefficient (Wildman–Crippen LogP) is 2.42. The molecule has 3 nitrogen and oxygen atoms in total. The van der Waals surface area contributed by atoms with Crippen molar-refractivity contribution in [2.24, 2.45) is 0 Å². The Bertz CT molecular complexity index is 479. The highest BCUT2D eigenvalue weighted by Crippen LogP contribution is 2.34. The standard InChI is InChI=1S/C8HF7O3/c9-1-3(11)6(4(12)2(10)5(1)16)18-7(17)8(13,14)15/h16H. The van der Waals surface area contributed by atoms with Gasteiger partial charge in [-0.1, -0.05) is 0 Å². The Morgan fingerprint density at radius 1 is 0.944 bits per heavy atom. The third-order valence-electron chi connectivity index (χ3n) is 1.63. The van der Waals surface area contributed by atoms with Crippen LogP contribution in [0.5, 0.6) is 11.5 Å². The minimum atomic E-state index is -5.62. The van der Waals surface area contributed by atoms with Crippen molar-refractivity contribution in [2.75, 3.05) is 0 Å². The Morgan fingerprint density at radius 2 is 1.33 bits per heavy atom. The Labute approximate surface area is 93.4 Å². The Morgan fingerprint density at radius 3 is 1.67 bits per heavy atom. The lowest BCUT2D eigenvalue weighted by molar-refractivity contribution is -0.190. The van der Waals surface area contributed by atoms with E-state index in [4.69, 9.17) is 5.11 Å². The molecule has 0 saturated carbocycles. The van der Waals surface area contributed by atoms with Gasteiger partial charge in [0, 0.05) is 0 Å². The van der Waals surface area contributed by atoms with E-state index in [1.807, 2.05) is 0 Å². The molecule has 0 aliphatic carbocycles. The van der Waals surface area contributed by atoms with E-state index in [-0.39, 0.29) is 0 Å². The summed E-state index contributed by atoms with van der Waals surface area (Å²) in [5, 5.41) is 8.49. The molecule has 1 aromatic carbocycles. The first-order chi connectivity index (χ1) is 8.07. The molecule has 1 rings (SSSR count). The molecule has 0 saturated heterocycles. The summed E-state index contributed by atoms with van der Waals surface area (Å²) in [4.78, 5) is 10.3. The van der Waals surface area contributed by atoms with Crippen molar-refractivity contribution in [3.8, 4) is 11.5 Å². The molecule has 0 aromatic heterocycles. The number of hydrogen-bond donors (Lipinski definition) is 1. The van der Waals surface area contributed by atoms with Crippen LogP contribution < -0.4 is 4.74 Å². The number of benzene rings is 1. The largest absolute Gasteiger partial charge is 0.503 e. The molecule has 1 N–H and O–H groups in total. The van der Waals surface area contributed by atoms with Gasteiger partial charge in [-0.2, -0.15) is 30.7 Å². The summed E-state index contributed by atoms with van der Waals surface area (Å²) in [7, 11) is 0. The second kappa shape index (κ2) is 4.35. The first kappa shape index (κ1) is 14.1. The maximum Gasteiger partial charge on any atom is 0.491 e. The molecular weight excluding hydrogens is 277 g/mol. The number of phenolic OH excluding ortho intramolecular Hbond substituents is 1. The van der Waals surface area contributed by atoms with Gasteiger partial charge in [0.15, 0.2) is 5.75 Å². The number of halogens is 7. The van der Waals surface area contributed by atoms with E-state index in [0.29, 0.717) is 0 Å². The van der Waals surface area contributed by atoms with Crippen molar-refractivity contribution in [3.05, 3.63) is 23.3 Å². The normalized spacial score (nSPS) is 11.5. The molecular formula is C8HF7O3. The average Bonchev–Trinajstić information content (AvgIpc) is 2.28. The van der Waals surface area contributed by atoms with Crippen molar-refractivity contribution < 1.29 is 45.4 Å². The van der Waals surface area contributed by atoms with Crippen LogP contribution in [0.1, 0.15) is 0 Å². The summed E-state index contributed by atoms with van der Waals surface area (Å²) in [6.07, 6.45) is -5.62. The number of hydrogen-bond acceptors (Lipinski definition) is 3. The monoisotopic (exact) mass is 278 g/mol. The van der Waals surface area contributed by atoms with E-state index in [1.165, 1.54) is 0 Å². The molecule has 0 aliphatic heterocycles. The zero-order valence-corrected chi connectivity index (χ0v) is 7.91. The van der Waals surface area contributed by atoms with Gasteiger partial charge in [0.25, 0.3) is 0 Å². The number of carbonyl (C=O) groups is 1. The summed E-state index contributed by atoms with van der Waals surface area (Å²) in [6.45, 7) is 0. The van der Waals surface area contributed by atoms with E-state index in [1.54, 1.807) is 0 Å². The predicted molar refractivity (Wildman–Crippen MR) is 39.6 cm³/mol. The van der Waals surface area contributed by atoms with Crippen LogP contribution >= 0.6 is 0 Å². The van der Waals surface area contributed by atoms with Crippen LogP contribution in [-0.4, -0.2) is 17.3 Å². The van der Waals surface area contributed by atoms with Gasteiger partial charge in [-0.3, -0.25) is 0 Å². The van der Waals surface area contributed by atoms with Crippen LogP contribution in [0, 0.1) is 23.3 Å². The molecule has 0 heterocycles. The molecule has 18 heavy (non-hydrogen) atoms. The van der Waals surface area contributed by atoms with E-state index in [2.05, 4.69) is 4.74 Å². The molecule has 0 amide bonds. The van der Waals surface area contributed by atoms with Crippen molar-refractivity contribution in [1.82, 2.24) is 0 Å². The lowest BCUT2D eigenvalue weighted by atomic mass is 10.2. The minimum absolute atomic E-state index is 2.09. The third-order valence-corrected chi connectivity index (χ3v) is 1.63. The number of alkyl halides is 3. The highest BCUT2D eigenvalue weighted by molar-refractivity contribution is 5.78. The average molecular weight is 278 g/mol. The van der Waals surface area contributed by atoms with Crippen LogP contribution in [0.2, 0.25) is 0 Å². The third kappa shape index (κ3) is 2.31. The minimum Gasteiger partial charge on any atom is -0.503 e. The maximum absolute atomic E-state index is 12.9. The lowest BCUT2D eigenvalue weighted by Gasteiger charge is -2.10. The summed E-state index contributed by atoms with van der Waals surface area (Å²) in [5.41, 5.74) is 0. The van der Waals surface area contributed by atoms with Gasteiger partial charge in [-0.05, 0) is 0 Å². The van der Waals surface area contributed by atoms with Gasteiger partial charge in [-0.25, -0.2) is 4.79 Å². The van der Waals surface area contributed by atoms with Gasteiger partial charge in [0.2, 0.25) is 29.0 Å². The quantitative estimate of drug-likeness (QED) is 0.371.